The van der Waals surface area contributed by atoms with Crippen molar-refractivity contribution in [1.29, 1.82) is 0 Å². The van der Waals surface area contributed by atoms with Gasteiger partial charge in [-0.1, -0.05) is 6.58 Å². The number of nitrogens with zero attached hydrogens (tertiary/aromatic N) is 1. The Morgan fingerprint density at radius 2 is 2.35 bits per heavy atom. The molecule has 1 heterocycles. The van der Waals surface area contributed by atoms with Gasteiger partial charge in [0.05, 0.1) is 17.6 Å². The van der Waals surface area contributed by atoms with E-state index in [1.54, 1.807) is 0 Å². The number of ether oxygens (including phenoxy) is 1. The number of hydrogen-bond acceptors (Lipinski definition) is 2. The van der Waals surface area contributed by atoms with E-state index in [9.17, 15) is 0 Å². The molecular weight excluding hydrogens is 212 g/mol. The van der Waals surface area contributed by atoms with Crippen LogP contribution in [-0.4, -0.2) is 16.6 Å². The van der Waals surface area contributed by atoms with E-state index in [1.807, 2.05) is 19.1 Å². The van der Waals surface area contributed by atoms with Gasteiger partial charge in [-0.15, -0.1) is 0 Å². The molecule has 3 nitrogen and oxygen atoms in total. The quantitative estimate of drug-likeness (QED) is 0.814. The second-order valence-corrected chi connectivity index (χ2v) is 4.48. The zero-order valence-electron chi connectivity index (χ0n) is 9.99. The first-order valence-corrected chi connectivity index (χ1v) is 6.09. The topological polar surface area (TPSA) is 37.9 Å². The number of aromatic nitrogens is 2. The van der Waals surface area contributed by atoms with Crippen LogP contribution in [0.5, 0.6) is 0 Å². The third-order valence-electron chi connectivity index (χ3n) is 3.10. The molecule has 88 valence electrons. The number of benzene rings is 1. The largest absolute Gasteiger partial charge is 0.494 e. The summed E-state index contributed by atoms with van der Waals surface area (Å²) in [6, 6.07) is 6.10. The fraction of sp³-hybridized carbons (Fsp3) is 0.357. The van der Waals surface area contributed by atoms with Crippen LogP contribution >= 0.6 is 0 Å². The number of fused-ring (bicyclic) bond motifs is 1. The van der Waals surface area contributed by atoms with E-state index in [2.05, 4.69) is 22.6 Å². The van der Waals surface area contributed by atoms with Crippen LogP contribution < -0.4 is 0 Å². The molecule has 0 radical (unpaired) electrons. The summed E-state index contributed by atoms with van der Waals surface area (Å²) in [4.78, 5) is 7.98. The minimum Gasteiger partial charge on any atom is -0.494 e. The van der Waals surface area contributed by atoms with Crippen LogP contribution in [0, 0.1) is 0 Å². The van der Waals surface area contributed by atoms with E-state index in [-0.39, 0.29) is 0 Å². The maximum atomic E-state index is 5.41. The molecule has 17 heavy (non-hydrogen) atoms. The van der Waals surface area contributed by atoms with Gasteiger partial charge in [-0.25, -0.2) is 4.98 Å². The van der Waals surface area contributed by atoms with E-state index >= 15 is 0 Å². The molecule has 1 aromatic carbocycles. The summed E-state index contributed by atoms with van der Waals surface area (Å²) >= 11 is 0. The second-order valence-electron chi connectivity index (χ2n) is 4.48. The van der Waals surface area contributed by atoms with Gasteiger partial charge in [0.2, 0.25) is 0 Å². The summed E-state index contributed by atoms with van der Waals surface area (Å²) in [5, 5.41) is 0. The van der Waals surface area contributed by atoms with Gasteiger partial charge in [-0.05, 0) is 38.0 Å². The summed E-state index contributed by atoms with van der Waals surface area (Å²) in [6.07, 6.45) is 2.52. The van der Waals surface area contributed by atoms with Crippen molar-refractivity contribution in [2.45, 2.75) is 25.7 Å². The molecule has 0 spiro atoms. The molecule has 3 heteroatoms. The smallest absolute Gasteiger partial charge is 0.119 e. The molecule has 0 unspecified atom stereocenters. The van der Waals surface area contributed by atoms with Crippen molar-refractivity contribution >= 4 is 16.8 Å². The lowest BCUT2D eigenvalue weighted by atomic mass is 10.2. The number of nitrogens with one attached hydrogen (secondary N) is 1. The lowest BCUT2D eigenvalue weighted by Gasteiger charge is -2.06. The van der Waals surface area contributed by atoms with E-state index in [0.717, 1.165) is 28.2 Å². The summed E-state index contributed by atoms with van der Waals surface area (Å²) in [7, 11) is 0. The van der Waals surface area contributed by atoms with Crippen molar-refractivity contribution in [3.8, 4) is 0 Å². The van der Waals surface area contributed by atoms with Gasteiger partial charge >= 0.3 is 0 Å². The van der Waals surface area contributed by atoms with Gasteiger partial charge in [0, 0.05) is 11.5 Å². The third kappa shape index (κ3) is 1.93. The van der Waals surface area contributed by atoms with Gasteiger partial charge in [0.15, 0.2) is 0 Å². The average molecular weight is 228 g/mol. The van der Waals surface area contributed by atoms with Crippen LogP contribution in [0.15, 0.2) is 24.8 Å². The minimum absolute atomic E-state index is 0.646. The average Bonchev–Trinajstić information content (AvgIpc) is 3.08. The molecule has 1 fully saturated rings. The maximum absolute atomic E-state index is 5.41. The first kappa shape index (κ1) is 10.4. The molecule has 2 aromatic rings. The van der Waals surface area contributed by atoms with Gasteiger partial charge in [-0.3, -0.25) is 0 Å². The van der Waals surface area contributed by atoms with Crippen LogP contribution in [-0.2, 0) is 4.74 Å². The molecule has 0 atom stereocenters. The molecule has 0 saturated heterocycles. The van der Waals surface area contributed by atoms with Crippen molar-refractivity contribution in [3.05, 3.63) is 36.2 Å². The van der Waals surface area contributed by atoms with Crippen LogP contribution in [0.4, 0.5) is 0 Å². The Hall–Kier alpha value is -1.77. The molecular formula is C14H16N2O. The number of H-pyrrole nitrogens is 1. The van der Waals surface area contributed by atoms with Crippen LogP contribution in [0.2, 0.25) is 0 Å². The number of hydrogen-bond donors (Lipinski definition) is 1. The van der Waals surface area contributed by atoms with E-state index in [4.69, 9.17) is 4.74 Å². The predicted octanol–water partition coefficient (Wildman–Crippen LogP) is 3.45. The summed E-state index contributed by atoms with van der Waals surface area (Å²) in [5.41, 5.74) is 3.12. The minimum atomic E-state index is 0.646. The normalized spacial score (nSPS) is 15.1. The van der Waals surface area contributed by atoms with Crippen molar-refractivity contribution in [3.63, 3.8) is 0 Å². The number of rotatable bonds is 4. The number of aromatic amines is 1. The second kappa shape index (κ2) is 3.91. The van der Waals surface area contributed by atoms with Crippen LogP contribution in [0.25, 0.3) is 16.8 Å². The zero-order chi connectivity index (χ0) is 11.8. The van der Waals surface area contributed by atoms with Crippen molar-refractivity contribution in [2.24, 2.45) is 0 Å². The predicted molar refractivity (Wildman–Crippen MR) is 68.7 cm³/mol. The highest BCUT2D eigenvalue weighted by Crippen LogP contribution is 2.39. The Morgan fingerprint density at radius 3 is 3.06 bits per heavy atom. The SMILES string of the molecule is C=C(OCC)c1ccc2nc(C3CC3)[nH]c2c1. The first-order chi connectivity index (χ1) is 8.28. The summed E-state index contributed by atoms with van der Waals surface area (Å²) in [5.74, 6) is 2.50. The molecule has 1 saturated carbocycles. The Morgan fingerprint density at radius 1 is 1.53 bits per heavy atom. The highest BCUT2D eigenvalue weighted by molar-refractivity contribution is 5.79. The lowest BCUT2D eigenvalue weighted by molar-refractivity contribution is 0.299. The molecule has 1 aliphatic carbocycles. The zero-order valence-corrected chi connectivity index (χ0v) is 9.99. The molecule has 1 aliphatic rings. The molecule has 1 N–H and O–H groups in total. The molecule has 3 rings (SSSR count). The van der Waals surface area contributed by atoms with Gasteiger partial charge in [0.1, 0.15) is 11.6 Å². The lowest BCUT2D eigenvalue weighted by Crippen LogP contribution is -1.89. The van der Waals surface area contributed by atoms with E-state index in [1.165, 1.54) is 12.8 Å². The maximum Gasteiger partial charge on any atom is 0.119 e. The van der Waals surface area contributed by atoms with Gasteiger partial charge in [-0.2, -0.15) is 0 Å². The van der Waals surface area contributed by atoms with Crippen LogP contribution in [0.1, 0.15) is 37.1 Å². The van der Waals surface area contributed by atoms with Gasteiger partial charge < -0.3 is 9.72 Å². The number of imidazole rings is 1. The molecule has 0 amide bonds. The standard InChI is InChI=1S/C14H16N2O/c1-3-17-9(2)11-6-7-12-13(8-11)16-14(15-12)10-4-5-10/h6-8,10H,2-5H2,1H3,(H,15,16). The van der Waals surface area contributed by atoms with Crippen LogP contribution in [0.3, 0.4) is 0 Å². The third-order valence-corrected chi connectivity index (χ3v) is 3.10. The Balaban J connectivity index is 1.97. The molecule has 0 bridgehead atoms. The van der Waals surface area contributed by atoms with Crippen molar-refractivity contribution in [2.75, 3.05) is 6.61 Å². The first-order valence-electron chi connectivity index (χ1n) is 6.09. The molecule has 1 aromatic heterocycles. The Bertz CT molecular complexity index is 567. The monoisotopic (exact) mass is 228 g/mol. The van der Waals surface area contributed by atoms with E-state index in [0.29, 0.717) is 12.5 Å². The fourth-order valence-corrected chi connectivity index (χ4v) is 2.01. The van der Waals surface area contributed by atoms with Gasteiger partial charge in [0.25, 0.3) is 0 Å². The summed E-state index contributed by atoms with van der Waals surface area (Å²) < 4.78 is 5.41. The molecule has 0 aliphatic heterocycles. The Labute approximate surface area is 101 Å². The summed E-state index contributed by atoms with van der Waals surface area (Å²) in [6.45, 7) is 6.53. The van der Waals surface area contributed by atoms with Crippen molar-refractivity contribution < 1.29 is 4.74 Å². The Kier molecular flexibility index (Phi) is 2.39. The fourth-order valence-electron chi connectivity index (χ4n) is 2.01. The van der Waals surface area contributed by atoms with Crippen molar-refractivity contribution in [1.82, 2.24) is 9.97 Å². The highest BCUT2D eigenvalue weighted by atomic mass is 16.5. The highest BCUT2D eigenvalue weighted by Gasteiger charge is 2.26. The van der Waals surface area contributed by atoms with E-state index < -0.39 is 0 Å².